The van der Waals surface area contributed by atoms with Gasteiger partial charge in [-0.1, -0.05) is 30.3 Å². The second kappa shape index (κ2) is 6.36. The van der Waals surface area contributed by atoms with Gasteiger partial charge in [0.05, 0.1) is 5.69 Å². The molecule has 0 bridgehead atoms. The Labute approximate surface area is 114 Å². The Kier molecular flexibility index (Phi) is 5.11. The molecule has 0 unspecified atom stereocenters. The van der Waals surface area contributed by atoms with E-state index in [1.54, 1.807) is 0 Å². The number of anilines is 1. The fraction of sp³-hybridized carbons (Fsp3) is 0.0909. The average Bonchev–Trinajstić information content (AvgIpc) is 2.76. The Morgan fingerprint density at radius 1 is 1.29 bits per heavy atom. The van der Waals surface area contributed by atoms with Crippen molar-refractivity contribution >= 4 is 22.4 Å². The molecule has 0 aliphatic heterocycles. The maximum atomic E-state index is 10.7. The highest BCUT2D eigenvalue weighted by atomic mass is 79.9. The molecule has 1 aromatic carbocycles. The van der Waals surface area contributed by atoms with Gasteiger partial charge in [0.2, 0.25) is 11.0 Å². The summed E-state index contributed by atoms with van der Waals surface area (Å²) in [6.45, 7) is 1.44. The number of hydrazine groups is 1. The minimum Gasteiger partial charge on any atom is -1.00 e. The van der Waals surface area contributed by atoms with Crippen LogP contribution in [0.15, 0.2) is 35.7 Å². The van der Waals surface area contributed by atoms with Crippen LogP contribution < -0.4 is 27.8 Å². The zero-order chi connectivity index (χ0) is 11.4. The van der Waals surface area contributed by atoms with Crippen LogP contribution in [0.1, 0.15) is 6.92 Å². The van der Waals surface area contributed by atoms with Crippen LogP contribution in [-0.4, -0.2) is 10.9 Å². The summed E-state index contributed by atoms with van der Waals surface area (Å²) >= 11 is 1.45. The van der Waals surface area contributed by atoms with E-state index in [0.717, 1.165) is 11.3 Å². The molecule has 0 spiro atoms. The molecular weight excluding hydrogens is 302 g/mol. The van der Waals surface area contributed by atoms with Gasteiger partial charge < -0.3 is 17.0 Å². The lowest BCUT2D eigenvalue weighted by Crippen LogP contribution is -3.00. The molecule has 0 saturated heterocycles. The van der Waals surface area contributed by atoms with E-state index in [-0.39, 0.29) is 22.9 Å². The van der Waals surface area contributed by atoms with Crippen molar-refractivity contribution < 1.29 is 21.8 Å². The molecule has 90 valence electrons. The molecule has 0 aliphatic rings. The van der Waals surface area contributed by atoms with Crippen molar-refractivity contribution in [3.63, 3.8) is 0 Å². The van der Waals surface area contributed by atoms with E-state index < -0.39 is 0 Å². The first-order chi connectivity index (χ1) is 7.75. The fourth-order valence-electron chi connectivity index (χ4n) is 1.21. The van der Waals surface area contributed by atoms with Crippen LogP contribution in [0, 0.1) is 0 Å². The maximum absolute atomic E-state index is 10.7. The summed E-state index contributed by atoms with van der Waals surface area (Å²) in [5, 5.41) is 2.62. The number of carbonyl (C=O) groups is 1. The highest BCUT2D eigenvalue weighted by Gasteiger charge is 2.03. The molecule has 0 fully saturated rings. The number of nitrogens with zero attached hydrogens (tertiary/aromatic N) is 1. The van der Waals surface area contributed by atoms with Crippen molar-refractivity contribution in [2.75, 3.05) is 5.43 Å². The molecule has 0 radical (unpaired) electrons. The van der Waals surface area contributed by atoms with Gasteiger partial charge in [0.25, 0.3) is 0 Å². The normalized spacial score (nSPS) is 9.24. The number of thiazole rings is 1. The quantitative estimate of drug-likeness (QED) is 0.735. The molecule has 0 atom stereocenters. The summed E-state index contributed by atoms with van der Waals surface area (Å²) in [6, 6.07) is 9.89. The summed E-state index contributed by atoms with van der Waals surface area (Å²) in [7, 11) is 0. The number of benzene rings is 1. The lowest BCUT2D eigenvalue weighted by atomic mass is 10.2. The van der Waals surface area contributed by atoms with Crippen molar-refractivity contribution in [2.45, 2.75) is 6.92 Å². The predicted octanol–water partition coefficient (Wildman–Crippen LogP) is -0.723. The second-order valence-electron chi connectivity index (χ2n) is 3.21. The summed E-state index contributed by atoms with van der Waals surface area (Å²) in [5.41, 5.74) is 7.19. The second-order valence-corrected chi connectivity index (χ2v) is 4.07. The van der Waals surface area contributed by atoms with Gasteiger partial charge in [0.15, 0.2) is 0 Å². The Bertz CT molecular complexity index is 486. The molecule has 4 nitrogen and oxygen atoms in total. The van der Waals surface area contributed by atoms with Gasteiger partial charge in [0.1, 0.15) is 0 Å². The Hall–Kier alpha value is -1.40. The van der Waals surface area contributed by atoms with Gasteiger partial charge >= 0.3 is 0 Å². The van der Waals surface area contributed by atoms with E-state index in [2.05, 4.69) is 15.8 Å². The molecule has 1 heterocycles. The minimum absolute atomic E-state index is 0. The molecule has 2 rings (SSSR count). The van der Waals surface area contributed by atoms with Crippen LogP contribution in [0.2, 0.25) is 0 Å². The first-order valence-electron chi connectivity index (χ1n) is 4.79. The van der Waals surface area contributed by atoms with Gasteiger partial charge in [-0.3, -0.25) is 15.6 Å². The van der Waals surface area contributed by atoms with E-state index in [0.29, 0.717) is 5.13 Å². The first kappa shape index (κ1) is 13.7. The summed E-state index contributed by atoms with van der Waals surface area (Å²) < 4.78 is 0. The topological polar surface area (TPSA) is 54.0 Å². The number of hydrogen-bond acceptors (Lipinski definition) is 4. The molecule has 17 heavy (non-hydrogen) atoms. The third-order valence-corrected chi connectivity index (χ3v) is 2.68. The van der Waals surface area contributed by atoms with E-state index >= 15 is 0 Å². The Morgan fingerprint density at radius 2 is 2.00 bits per heavy atom. The number of rotatable bonds is 3. The fourth-order valence-corrected chi connectivity index (χ4v) is 1.89. The highest BCUT2D eigenvalue weighted by molar-refractivity contribution is 7.14. The Morgan fingerprint density at radius 3 is 2.65 bits per heavy atom. The summed E-state index contributed by atoms with van der Waals surface area (Å²) in [4.78, 5) is 15.0. The first-order valence-corrected chi connectivity index (χ1v) is 5.67. The molecule has 1 aromatic heterocycles. The van der Waals surface area contributed by atoms with Crippen molar-refractivity contribution in [1.82, 2.24) is 10.4 Å². The van der Waals surface area contributed by atoms with Crippen LogP contribution in [0.4, 0.5) is 5.13 Å². The van der Waals surface area contributed by atoms with Gasteiger partial charge in [-0.2, -0.15) is 0 Å². The number of aromatic nitrogens is 1. The van der Waals surface area contributed by atoms with Gasteiger partial charge in [0, 0.05) is 17.9 Å². The lowest BCUT2D eigenvalue weighted by molar-refractivity contribution is -0.118. The van der Waals surface area contributed by atoms with Crippen LogP contribution in [0.25, 0.3) is 11.3 Å². The highest BCUT2D eigenvalue weighted by Crippen LogP contribution is 2.23. The van der Waals surface area contributed by atoms with Crippen molar-refractivity contribution in [2.24, 2.45) is 0 Å². The zero-order valence-corrected chi connectivity index (χ0v) is 11.5. The number of hydrogen-bond donors (Lipinski definition) is 2. The van der Waals surface area contributed by atoms with E-state index in [4.69, 9.17) is 0 Å². The van der Waals surface area contributed by atoms with Crippen molar-refractivity contribution in [1.29, 1.82) is 0 Å². The standard InChI is InChI=1S/C11H11N3OS.BrH/c1-8(15)13-14-11-12-10(7-16-11)9-5-3-2-4-6-9;/h2-7H,1H3,(H,12,14)(H,13,15);1H/p-1. The van der Waals surface area contributed by atoms with Crippen LogP contribution in [0.3, 0.4) is 0 Å². The monoisotopic (exact) mass is 312 g/mol. The lowest BCUT2D eigenvalue weighted by Gasteiger charge is -2.00. The summed E-state index contributed by atoms with van der Waals surface area (Å²) in [6.07, 6.45) is 0. The molecule has 6 heteroatoms. The van der Waals surface area contributed by atoms with E-state index in [1.807, 2.05) is 35.7 Å². The predicted molar refractivity (Wildman–Crippen MR) is 65.0 cm³/mol. The average molecular weight is 313 g/mol. The summed E-state index contributed by atoms with van der Waals surface area (Å²) in [5.74, 6) is -0.142. The van der Waals surface area contributed by atoms with Crippen molar-refractivity contribution in [3.8, 4) is 11.3 Å². The zero-order valence-electron chi connectivity index (χ0n) is 9.11. The maximum Gasteiger partial charge on any atom is 0.235 e. The minimum atomic E-state index is -0.142. The van der Waals surface area contributed by atoms with Crippen LogP contribution >= 0.6 is 11.3 Å². The van der Waals surface area contributed by atoms with Crippen LogP contribution in [-0.2, 0) is 4.79 Å². The molecule has 1 amide bonds. The molecule has 0 aliphatic carbocycles. The van der Waals surface area contributed by atoms with Crippen molar-refractivity contribution in [3.05, 3.63) is 35.7 Å². The number of nitrogens with one attached hydrogen (secondary N) is 2. The number of halogens is 1. The van der Waals surface area contributed by atoms with E-state index in [9.17, 15) is 4.79 Å². The van der Waals surface area contributed by atoms with E-state index in [1.165, 1.54) is 18.3 Å². The third-order valence-electron chi connectivity index (χ3n) is 1.92. The number of carbonyl (C=O) groups excluding carboxylic acids is 1. The number of amides is 1. The largest absolute Gasteiger partial charge is 1.00 e. The molecule has 2 aromatic rings. The Balaban J connectivity index is 0.00000144. The smallest absolute Gasteiger partial charge is 0.235 e. The molecule has 2 N–H and O–H groups in total. The third kappa shape index (κ3) is 3.83. The molecule has 0 saturated carbocycles. The van der Waals surface area contributed by atoms with Gasteiger partial charge in [-0.25, -0.2) is 4.98 Å². The molecular formula is C11H11BrN3OS-. The van der Waals surface area contributed by atoms with Gasteiger partial charge in [-0.15, -0.1) is 11.3 Å². The SMILES string of the molecule is CC(=O)NNc1nc(-c2ccccc2)cs1.[Br-]. The van der Waals surface area contributed by atoms with Crippen LogP contribution in [0.5, 0.6) is 0 Å². The van der Waals surface area contributed by atoms with Gasteiger partial charge in [-0.05, 0) is 0 Å².